The Bertz CT molecular complexity index is 600. The van der Waals surface area contributed by atoms with Gasteiger partial charge in [0.15, 0.2) is 5.69 Å². The van der Waals surface area contributed by atoms with Gasteiger partial charge in [-0.2, -0.15) is 0 Å². The van der Waals surface area contributed by atoms with E-state index in [1.165, 1.54) is 10.9 Å². The van der Waals surface area contributed by atoms with Gasteiger partial charge in [-0.3, -0.25) is 0 Å². The monoisotopic (exact) mass is 290 g/mol. The molecule has 2 aromatic heterocycles. The second kappa shape index (κ2) is 5.60. The van der Waals surface area contributed by atoms with Crippen LogP contribution in [-0.2, 0) is 4.74 Å². The lowest BCUT2D eigenvalue weighted by Gasteiger charge is -2.33. The largest absolute Gasteiger partial charge is 0.477 e. The highest BCUT2D eigenvalue weighted by atomic mass is 32.1. The molecule has 0 aromatic carbocycles. The van der Waals surface area contributed by atoms with Gasteiger partial charge in [0.2, 0.25) is 0 Å². The van der Waals surface area contributed by atoms with E-state index < -0.39 is 5.97 Å². The van der Waals surface area contributed by atoms with Crippen molar-refractivity contribution >= 4 is 23.1 Å². The second-order valence-corrected chi connectivity index (χ2v) is 5.49. The van der Waals surface area contributed by atoms with Crippen LogP contribution >= 0.6 is 11.3 Å². The lowest BCUT2D eigenvalue weighted by Crippen LogP contribution is -2.38. The quantitative estimate of drug-likeness (QED) is 0.940. The van der Waals surface area contributed by atoms with Crippen LogP contribution in [0.5, 0.6) is 0 Å². The lowest BCUT2D eigenvalue weighted by atomic mass is 10.2. The summed E-state index contributed by atoms with van der Waals surface area (Å²) in [5, 5.41) is 11.0. The molecule has 2 aromatic rings. The third-order valence-electron chi connectivity index (χ3n) is 3.20. The third kappa shape index (κ3) is 2.66. The number of thiophene rings is 1. The summed E-state index contributed by atoms with van der Waals surface area (Å²) in [6, 6.07) is 9.12. The van der Waals surface area contributed by atoms with Crippen LogP contribution in [0.3, 0.4) is 0 Å². The summed E-state index contributed by atoms with van der Waals surface area (Å²) in [6.45, 7) is 2.02. The first-order valence-corrected chi connectivity index (χ1v) is 7.22. The molecular formula is C14H14N2O3S. The van der Waals surface area contributed by atoms with Crippen molar-refractivity contribution < 1.29 is 14.6 Å². The molecule has 6 heteroatoms. The number of ether oxygens (including phenoxy) is 1. The minimum atomic E-state index is -1.00. The van der Waals surface area contributed by atoms with E-state index in [0.717, 1.165) is 6.54 Å². The summed E-state index contributed by atoms with van der Waals surface area (Å²) in [5.41, 5.74) is 0.0710. The fourth-order valence-electron chi connectivity index (χ4n) is 2.22. The molecule has 1 N–H and O–H groups in total. The maximum atomic E-state index is 11.0. The number of carbonyl (C=O) groups is 1. The van der Waals surface area contributed by atoms with Crippen molar-refractivity contribution in [3.05, 3.63) is 46.3 Å². The van der Waals surface area contributed by atoms with Crippen molar-refractivity contribution in [1.82, 2.24) is 4.98 Å². The van der Waals surface area contributed by atoms with Crippen LogP contribution in [0.25, 0.3) is 0 Å². The van der Waals surface area contributed by atoms with Gasteiger partial charge >= 0.3 is 5.97 Å². The van der Waals surface area contributed by atoms with Crippen molar-refractivity contribution in [2.24, 2.45) is 0 Å². The van der Waals surface area contributed by atoms with E-state index in [0.29, 0.717) is 19.0 Å². The maximum Gasteiger partial charge on any atom is 0.354 e. The fourth-order valence-corrected chi connectivity index (χ4v) is 2.99. The molecule has 1 unspecified atom stereocenters. The zero-order valence-electron chi connectivity index (χ0n) is 10.7. The van der Waals surface area contributed by atoms with Crippen molar-refractivity contribution in [2.75, 3.05) is 24.6 Å². The maximum absolute atomic E-state index is 11.0. The molecule has 0 saturated carbocycles. The number of hydrogen-bond acceptors (Lipinski definition) is 5. The van der Waals surface area contributed by atoms with Crippen LogP contribution in [0.4, 0.5) is 5.82 Å². The molecular weight excluding hydrogens is 276 g/mol. The summed E-state index contributed by atoms with van der Waals surface area (Å²) < 4.78 is 5.78. The number of nitrogens with zero attached hydrogens (tertiary/aromatic N) is 2. The summed E-state index contributed by atoms with van der Waals surface area (Å²) >= 11 is 1.67. The smallest absolute Gasteiger partial charge is 0.354 e. The van der Waals surface area contributed by atoms with Crippen molar-refractivity contribution in [3.8, 4) is 0 Å². The normalized spacial score (nSPS) is 19.0. The molecule has 1 saturated heterocycles. The summed E-state index contributed by atoms with van der Waals surface area (Å²) in [4.78, 5) is 18.4. The zero-order chi connectivity index (χ0) is 13.9. The van der Waals surface area contributed by atoms with Gasteiger partial charge in [0.1, 0.15) is 11.9 Å². The van der Waals surface area contributed by atoms with Gasteiger partial charge in [-0.05, 0) is 23.6 Å². The highest BCUT2D eigenvalue weighted by Crippen LogP contribution is 2.28. The van der Waals surface area contributed by atoms with Crippen LogP contribution < -0.4 is 4.90 Å². The Kier molecular flexibility index (Phi) is 3.66. The van der Waals surface area contributed by atoms with Crippen LogP contribution in [0.1, 0.15) is 21.5 Å². The first kappa shape index (κ1) is 13.1. The Hall–Kier alpha value is -1.92. The van der Waals surface area contributed by atoms with Crippen molar-refractivity contribution in [2.45, 2.75) is 6.10 Å². The van der Waals surface area contributed by atoms with Crippen LogP contribution in [-0.4, -0.2) is 35.8 Å². The van der Waals surface area contributed by atoms with E-state index in [4.69, 9.17) is 9.84 Å². The van der Waals surface area contributed by atoms with E-state index >= 15 is 0 Å². The van der Waals surface area contributed by atoms with Crippen LogP contribution in [0, 0.1) is 0 Å². The number of rotatable bonds is 3. The molecule has 1 aliphatic rings. The van der Waals surface area contributed by atoms with Gasteiger partial charge < -0.3 is 14.7 Å². The Morgan fingerprint density at radius 3 is 3.05 bits per heavy atom. The number of morpholine rings is 1. The molecule has 0 spiro atoms. The number of anilines is 1. The summed E-state index contributed by atoms with van der Waals surface area (Å²) in [5.74, 6) is -0.315. The van der Waals surface area contributed by atoms with E-state index in [-0.39, 0.29) is 11.8 Å². The van der Waals surface area contributed by atoms with E-state index in [1.54, 1.807) is 17.4 Å². The van der Waals surface area contributed by atoms with Crippen LogP contribution in [0.15, 0.2) is 35.7 Å². The molecule has 0 aliphatic carbocycles. The molecule has 1 atom stereocenters. The van der Waals surface area contributed by atoms with Gasteiger partial charge in [-0.25, -0.2) is 9.78 Å². The number of aromatic nitrogens is 1. The summed E-state index contributed by atoms with van der Waals surface area (Å²) in [6.07, 6.45) is 0.0269. The van der Waals surface area contributed by atoms with E-state index in [2.05, 4.69) is 16.0 Å². The average Bonchev–Trinajstić information content (AvgIpc) is 3.02. The Morgan fingerprint density at radius 1 is 1.40 bits per heavy atom. The third-order valence-corrected chi connectivity index (χ3v) is 4.17. The molecule has 0 radical (unpaired) electrons. The van der Waals surface area contributed by atoms with Gasteiger partial charge in [0.25, 0.3) is 0 Å². The number of pyridine rings is 1. The van der Waals surface area contributed by atoms with Gasteiger partial charge in [-0.1, -0.05) is 12.1 Å². The van der Waals surface area contributed by atoms with Crippen molar-refractivity contribution in [3.63, 3.8) is 0 Å². The highest BCUT2D eigenvalue weighted by molar-refractivity contribution is 7.10. The zero-order valence-corrected chi connectivity index (χ0v) is 11.5. The predicted octanol–water partition coefficient (Wildman–Crippen LogP) is 2.42. The number of carboxylic acid groups (broad SMARTS) is 1. The Morgan fingerprint density at radius 2 is 2.30 bits per heavy atom. The Balaban J connectivity index is 1.80. The van der Waals surface area contributed by atoms with Gasteiger partial charge in [0, 0.05) is 11.4 Å². The topological polar surface area (TPSA) is 62.7 Å². The van der Waals surface area contributed by atoms with E-state index in [1.807, 2.05) is 17.5 Å². The fraction of sp³-hybridized carbons (Fsp3) is 0.286. The molecule has 0 amide bonds. The lowest BCUT2D eigenvalue weighted by molar-refractivity contribution is 0.0418. The molecule has 20 heavy (non-hydrogen) atoms. The molecule has 5 nitrogen and oxygen atoms in total. The van der Waals surface area contributed by atoms with Crippen LogP contribution in [0.2, 0.25) is 0 Å². The van der Waals surface area contributed by atoms with Gasteiger partial charge in [0.05, 0.1) is 13.2 Å². The SMILES string of the molecule is O=C(O)c1cccc(N2CCOC(c3cccs3)C2)n1. The number of hydrogen-bond donors (Lipinski definition) is 1. The molecule has 3 heterocycles. The molecule has 104 valence electrons. The first-order valence-electron chi connectivity index (χ1n) is 6.34. The van der Waals surface area contributed by atoms with E-state index in [9.17, 15) is 4.79 Å². The predicted molar refractivity (Wildman–Crippen MR) is 76.4 cm³/mol. The first-order chi connectivity index (χ1) is 9.74. The van der Waals surface area contributed by atoms with Crippen molar-refractivity contribution in [1.29, 1.82) is 0 Å². The summed E-state index contributed by atoms with van der Waals surface area (Å²) in [7, 11) is 0. The standard InChI is InChI=1S/C14H14N2O3S/c17-14(18)10-3-1-5-13(15-10)16-6-7-19-11(9-16)12-4-2-8-20-12/h1-5,8,11H,6-7,9H2,(H,17,18). The average molecular weight is 290 g/mol. The minimum Gasteiger partial charge on any atom is -0.477 e. The second-order valence-electron chi connectivity index (χ2n) is 4.51. The molecule has 0 bridgehead atoms. The molecule has 1 fully saturated rings. The number of aromatic carboxylic acids is 1. The molecule has 1 aliphatic heterocycles. The molecule has 3 rings (SSSR count). The Labute approximate surface area is 120 Å². The number of carboxylic acids is 1. The van der Waals surface area contributed by atoms with Gasteiger partial charge in [-0.15, -0.1) is 11.3 Å². The highest BCUT2D eigenvalue weighted by Gasteiger charge is 2.24. The minimum absolute atomic E-state index is 0.0269.